The highest BCUT2D eigenvalue weighted by atomic mass is 16.1. The first-order valence-corrected chi connectivity index (χ1v) is 5.46. The summed E-state index contributed by atoms with van der Waals surface area (Å²) in [5.41, 5.74) is 0.948. The van der Waals surface area contributed by atoms with Crippen LogP contribution in [0.4, 0.5) is 0 Å². The Kier molecular flexibility index (Phi) is 3.61. The second-order valence-electron chi connectivity index (χ2n) is 4.85. The molecule has 0 spiro atoms. The van der Waals surface area contributed by atoms with Crippen LogP contribution in [0, 0.1) is 5.41 Å². The summed E-state index contributed by atoms with van der Waals surface area (Å²) < 4.78 is 2.04. The van der Waals surface area contributed by atoms with Gasteiger partial charge in [0.15, 0.2) is 11.9 Å². The average molecular weight is 206 g/mol. The minimum Gasteiger partial charge on any atom is -0.292 e. The lowest BCUT2D eigenvalue weighted by Gasteiger charge is -2.14. The summed E-state index contributed by atoms with van der Waals surface area (Å²) >= 11 is 0. The maximum atomic E-state index is 11.9. The summed E-state index contributed by atoms with van der Waals surface area (Å²) in [6.07, 6.45) is 2.93. The first-order valence-electron chi connectivity index (χ1n) is 5.46. The molecule has 0 saturated carbocycles. The Morgan fingerprint density at radius 3 is 2.53 bits per heavy atom. The summed E-state index contributed by atoms with van der Waals surface area (Å²) in [7, 11) is 0. The van der Waals surface area contributed by atoms with E-state index in [-0.39, 0.29) is 11.2 Å². The second kappa shape index (κ2) is 4.56. The van der Waals surface area contributed by atoms with Crippen molar-refractivity contribution in [2.75, 3.05) is 0 Å². The minimum atomic E-state index is -0.256. The van der Waals surface area contributed by atoms with E-state index in [1.165, 1.54) is 5.69 Å². The number of pyridine rings is 1. The number of aryl methyl sites for hydroxylation is 1. The molecule has 0 N–H and O–H groups in total. The van der Waals surface area contributed by atoms with Crippen molar-refractivity contribution < 1.29 is 9.36 Å². The van der Waals surface area contributed by atoms with E-state index in [0.29, 0.717) is 6.54 Å². The Morgan fingerprint density at radius 1 is 1.33 bits per heavy atom. The van der Waals surface area contributed by atoms with Crippen LogP contribution in [0.3, 0.4) is 0 Å². The molecular formula is C13H20NO+. The third-order valence-corrected chi connectivity index (χ3v) is 2.55. The van der Waals surface area contributed by atoms with Crippen molar-refractivity contribution in [3.05, 3.63) is 30.1 Å². The fraction of sp³-hybridized carbons (Fsp3) is 0.538. The van der Waals surface area contributed by atoms with Crippen molar-refractivity contribution in [3.8, 4) is 0 Å². The Bertz CT molecular complexity index is 350. The summed E-state index contributed by atoms with van der Waals surface area (Å²) in [6.45, 7) is 8.47. The molecule has 82 valence electrons. The van der Waals surface area contributed by atoms with Crippen molar-refractivity contribution in [2.24, 2.45) is 5.41 Å². The lowest BCUT2D eigenvalue weighted by atomic mass is 9.91. The van der Waals surface area contributed by atoms with Gasteiger partial charge in [0.2, 0.25) is 12.3 Å². The molecule has 1 aromatic heterocycles. The van der Waals surface area contributed by atoms with Gasteiger partial charge < -0.3 is 0 Å². The third kappa shape index (κ3) is 3.15. The smallest absolute Gasteiger partial charge is 0.207 e. The van der Waals surface area contributed by atoms with Crippen molar-refractivity contribution in [3.63, 3.8) is 0 Å². The van der Waals surface area contributed by atoms with Crippen LogP contribution in [0.15, 0.2) is 24.4 Å². The van der Waals surface area contributed by atoms with Crippen molar-refractivity contribution in [1.29, 1.82) is 0 Å². The number of hydrogen-bond acceptors (Lipinski definition) is 1. The SMILES string of the molecule is CCc1cccc[n+]1CC(=O)C(C)(C)C. The first kappa shape index (κ1) is 11.9. The van der Waals surface area contributed by atoms with Gasteiger partial charge in [0.05, 0.1) is 0 Å². The first-order chi connectivity index (χ1) is 6.95. The van der Waals surface area contributed by atoms with Gasteiger partial charge in [-0.25, -0.2) is 0 Å². The fourth-order valence-electron chi connectivity index (χ4n) is 1.38. The maximum Gasteiger partial charge on any atom is 0.207 e. The number of carbonyl (C=O) groups is 1. The van der Waals surface area contributed by atoms with E-state index in [2.05, 4.69) is 13.0 Å². The Balaban J connectivity index is 2.85. The monoisotopic (exact) mass is 206 g/mol. The van der Waals surface area contributed by atoms with Crippen LogP contribution in [0.2, 0.25) is 0 Å². The van der Waals surface area contributed by atoms with Gasteiger partial charge in [0.25, 0.3) is 0 Å². The van der Waals surface area contributed by atoms with Gasteiger partial charge in [-0.15, -0.1) is 0 Å². The zero-order valence-electron chi connectivity index (χ0n) is 10.1. The second-order valence-corrected chi connectivity index (χ2v) is 4.85. The zero-order chi connectivity index (χ0) is 11.5. The standard InChI is InChI=1S/C13H20NO/c1-5-11-8-6-7-9-14(11)10-12(15)13(2,3)4/h6-9H,5,10H2,1-4H3/q+1. The molecule has 0 fully saturated rings. The van der Waals surface area contributed by atoms with Gasteiger partial charge in [-0.1, -0.05) is 33.8 Å². The van der Waals surface area contributed by atoms with Gasteiger partial charge >= 0.3 is 0 Å². The third-order valence-electron chi connectivity index (χ3n) is 2.55. The van der Waals surface area contributed by atoms with Crippen LogP contribution in [-0.2, 0) is 17.8 Å². The minimum absolute atomic E-state index is 0.256. The quantitative estimate of drug-likeness (QED) is 0.694. The van der Waals surface area contributed by atoms with E-state index >= 15 is 0 Å². The van der Waals surface area contributed by atoms with Gasteiger partial charge in [0.1, 0.15) is 0 Å². The molecule has 0 saturated heterocycles. The van der Waals surface area contributed by atoms with Crippen molar-refractivity contribution in [1.82, 2.24) is 0 Å². The van der Waals surface area contributed by atoms with Crippen LogP contribution in [-0.4, -0.2) is 5.78 Å². The highest BCUT2D eigenvalue weighted by Crippen LogP contribution is 2.14. The van der Waals surface area contributed by atoms with Crippen LogP contribution in [0.1, 0.15) is 33.4 Å². The molecule has 1 heterocycles. The van der Waals surface area contributed by atoms with Crippen LogP contribution < -0.4 is 4.57 Å². The van der Waals surface area contributed by atoms with E-state index in [1.807, 2.05) is 43.7 Å². The van der Waals surface area contributed by atoms with Gasteiger partial charge in [-0.2, -0.15) is 4.57 Å². The van der Waals surface area contributed by atoms with Crippen LogP contribution >= 0.6 is 0 Å². The number of Topliss-reactive ketones (excluding diaryl/α,β-unsaturated/α-hetero) is 1. The Hall–Kier alpha value is -1.18. The molecule has 0 aromatic carbocycles. The average Bonchev–Trinajstić information content (AvgIpc) is 2.17. The molecule has 15 heavy (non-hydrogen) atoms. The molecule has 0 unspecified atom stereocenters. The summed E-state index contributed by atoms with van der Waals surface area (Å²) in [6, 6.07) is 6.04. The lowest BCUT2D eigenvalue weighted by molar-refractivity contribution is -0.692. The Labute approximate surface area is 91.9 Å². The van der Waals surface area contributed by atoms with Crippen molar-refractivity contribution >= 4 is 5.78 Å². The van der Waals surface area contributed by atoms with Gasteiger partial charge in [-0.3, -0.25) is 4.79 Å². The highest BCUT2D eigenvalue weighted by Gasteiger charge is 2.25. The normalized spacial score (nSPS) is 11.5. The maximum absolute atomic E-state index is 11.9. The molecule has 2 nitrogen and oxygen atoms in total. The molecule has 0 atom stereocenters. The number of nitrogens with zero attached hydrogens (tertiary/aromatic N) is 1. The zero-order valence-corrected chi connectivity index (χ0v) is 10.1. The van der Waals surface area contributed by atoms with E-state index in [9.17, 15) is 4.79 Å². The molecule has 0 bridgehead atoms. The number of ketones is 1. The molecule has 1 aromatic rings. The highest BCUT2D eigenvalue weighted by molar-refractivity contribution is 5.82. The molecule has 1 rings (SSSR count). The number of carbonyl (C=O) groups excluding carboxylic acids is 1. The molecule has 2 heteroatoms. The summed E-state index contributed by atoms with van der Waals surface area (Å²) in [5.74, 6) is 0.272. The topological polar surface area (TPSA) is 20.9 Å². The predicted octanol–water partition coefficient (Wildman–Crippen LogP) is 2.15. The summed E-state index contributed by atoms with van der Waals surface area (Å²) in [4.78, 5) is 11.9. The summed E-state index contributed by atoms with van der Waals surface area (Å²) in [5, 5.41) is 0. The molecule has 0 amide bonds. The molecule has 0 radical (unpaired) electrons. The van der Waals surface area contributed by atoms with Crippen LogP contribution in [0.5, 0.6) is 0 Å². The van der Waals surface area contributed by atoms with E-state index in [0.717, 1.165) is 6.42 Å². The molecule has 0 aliphatic heterocycles. The van der Waals surface area contributed by atoms with Crippen molar-refractivity contribution in [2.45, 2.75) is 40.7 Å². The van der Waals surface area contributed by atoms with E-state index < -0.39 is 0 Å². The molecular weight excluding hydrogens is 186 g/mol. The molecule has 0 aliphatic carbocycles. The van der Waals surface area contributed by atoms with E-state index in [4.69, 9.17) is 0 Å². The number of hydrogen-bond donors (Lipinski definition) is 0. The fourth-order valence-corrected chi connectivity index (χ4v) is 1.38. The van der Waals surface area contributed by atoms with Crippen LogP contribution in [0.25, 0.3) is 0 Å². The van der Waals surface area contributed by atoms with Gasteiger partial charge in [0, 0.05) is 24.0 Å². The number of rotatable bonds is 3. The predicted molar refractivity (Wildman–Crippen MR) is 60.5 cm³/mol. The largest absolute Gasteiger partial charge is 0.292 e. The number of aromatic nitrogens is 1. The van der Waals surface area contributed by atoms with Gasteiger partial charge in [-0.05, 0) is 0 Å². The lowest BCUT2D eigenvalue weighted by Crippen LogP contribution is -2.44. The molecule has 0 aliphatic rings. The Morgan fingerprint density at radius 2 is 2.00 bits per heavy atom. The van der Waals surface area contributed by atoms with E-state index in [1.54, 1.807) is 0 Å².